The van der Waals surface area contributed by atoms with Gasteiger partial charge in [0.25, 0.3) is 0 Å². The number of fused-ring (bicyclic) bond motifs is 1. The molecule has 0 amide bonds. The van der Waals surface area contributed by atoms with Crippen LogP contribution in [0.15, 0.2) is 18.2 Å². The van der Waals surface area contributed by atoms with Gasteiger partial charge in [-0.05, 0) is 43.0 Å². The number of ether oxygens (including phenoxy) is 1. The number of Topliss-reactive ketones (excluding diaryl/α,β-unsaturated/α-hetero) is 1. The standard InChI is InChI=1S/C13H16O2.C2H6/c1-2-8-15-11-6-7-12-10(9-11)4-3-5-13(12)14;1-2/h6-7,9H,2-5,8H2,1H3;1-2H3. The second kappa shape index (κ2) is 7.10. The first kappa shape index (κ1) is 13.8. The maximum absolute atomic E-state index is 11.6. The molecule has 0 fully saturated rings. The van der Waals surface area contributed by atoms with Crippen molar-refractivity contribution in [3.8, 4) is 5.75 Å². The monoisotopic (exact) mass is 234 g/mol. The van der Waals surface area contributed by atoms with Crippen LogP contribution >= 0.6 is 0 Å². The summed E-state index contributed by atoms with van der Waals surface area (Å²) in [4.78, 5) is 11.6. The molecule has 1 aromatic carbocycles. The highest BCUT2D eigenvalue weighted by Gasteiger charge is 2.17. The lowest BCUT2D eigenvalue weighted by Gasteiger charge is -2.15. The summed E-state index contributed by atoms with van der Waals surface area (Å²) in [5, 5.41) is 0. The summed E-state index contributed by atoms with van der Waals surface area (Å²) >= 11 is 0. The zero-order chi connectivity index (χ0) is 12.7. The van der Waals surface area contributed by atoms with Gasteiger partial charge in [-0.2, -0.15) is 0 Å². The molecular weight excluding hydrogens is 212 g/mol. The molecule has 2 heteroatoms. The fraction of sp³-hybridized carbons (Fsp3) is 0.533. The molecule has 0 aromatic heterocycles. The minimum absolute atomic E-state index is 0.276. The molecule has 1 aromatic rings. The summed E-state index contributed by atoms with van der Waals surface area (Å²) in [6.45, 7) is 6.83. The highest BCUT2D eigenvalue weighted by atomic mass is 16.5. The van der Waals surface area contributed by atoms with Crippen LogP contribution in [-0.4, -0.2) is 12.4 Å². The second-order valence-corrected chi connectivity index (χ2v) is 3.94. The van der Waals surface area contributed by atoms with Crippen LogP contribution in [0.3, 0.4) is 0 Å². The molecular formula is C15H22O2. The smallest absolute Gasteiger partial charge is 0.163 e. The van der Waals surface area contributed by atoms with Gasteiger partial charge in [0, 0.05) is 12.0 Å². The highest BCUT2D eigenvalue weighted by molar-refractivity contribution is 5.98. The maximum atomic E-state index is 11.6. The Bertz CT molecular complexity index is 369. The van der Waals surface area contributed by atoms with Gasteiger partial charge in [-0.3, -0.25) is 4.79 Å². The van der Waals surface area contributed by atoms with Crippen molar-refractivity contribution in [2.75, 3.05) is 6.61 Å². The quantitative estimate of drug-likeness (QED) is 0.789. The van der Waals surface area contributed by atoms with Crippen molar-refractivity contribution >= 4 is 5.78 Å². The van der Waals surface area contributed by atoms with Gasteiger partial charge in [-0.25, -0.2) is 0 Å². The van der Waals surface area contributed by atoms with Crippen LogP contribution in [0.5, 0.6) is 5.75 Å². The SMILES string of the molecule is CC.CCCOc1ccc2c(c1)CCCC2=O. The van der Waals surface area contributed by atoms with E-state index >= 15 is 0 Å². The molecule has 0 saturated heterocycles. The van der Waals surface area contributed by atoms with Crippen LogP contribution in [0.25, 0.3) is 0 Å². The molecule has 0 heterocycles. The lowest BCUT2D eigenvalue weighted by molar-refractivity contribution is 0.0972. The first-order valence-electron chi connectivity index (χ1n) is 6.60. The Morgan fingerprint density at radius 1 is 1.24 bits per heavy atom. The minimum Gasteiger partial charge on any atom is -0.494 e. The number of hydrogen-bond donors (Lipinski definition) is 0. The average molecular weight is 234 g/mol. The molecule has 0 unspecified atom stereocenters. The molecule has 0 spiro atoms. The zero-order valence-corrected chi connectivity index (χ0v) is 11.1. The number of benzene rings is 1. The molecule has 2 rings (SSSR count). The Hall–Kier alpha value is -1.31. The van der Waals surface area contributed by atoms with Gasteiger partial charge in [0.15, 0.2) is 5.78 Å². The van der Waals surface area contributed by atoms with Gasteiger partial charge in [-0.15, -0.1) is 0 Å². The molecule has 2 nitrogen and oxygen atoms in total. The van der Waals surface area contributed by atoms with Crippen molar-refractivity contribution in [2.45, 2.75) is 46.5 Å². The minimum atomic E-state index is 0.276. The van der Waals surface area contributed by atoms with E-state index < -0.39 is 0 Å². The number of carbonyl (C=O) groups excluding carboxylic acids is 1. The molecule has 0 atom stereocenters. The Kier molecular flexibility index (Phi) is 5.75. The van der Waals surface area contributed by atoms with E-state index in [4.69, 9.17) is 4.74 Å². The van der Waals surface area contributed by atoms with Gasteiger partial charge < -0.3 is 4.74 Å². The van der Waals surface area contributed by atoms with E-state index in [9.17, 15) is 4.79 Å². The highest BCUT2D eigenvalue weighted by Crippen LogP contribution is 2.25. The molecule has 1 aliphatic rings. The van der Waals surface area contributed by atoms with Crippen LogP contribution in [0.4, 0.5) is 0 Å². The van der Waals surface area contributed by atoms with Gasteiger partial charge in [0.05, 0.1) is 6.61 Å². The Balaban J connectivity index is 0.000000686. The van der Waals surface area contributed by atoms with E-state index in [0.717, 1.165) is 42.7 Å². The summed E-state index contributed by atoms with van der Waals surface area (Å²) in [5.41, 5.74) is 2.05. The number of rotatable bonds is 3. The van der Waals surface area contributed by atoms with E-state index in [1.807, 2.05) is 32.0 Å². The number of carbonyl (C=O) groups is 1. The first-order valence-corrected chi connectivity index (χ1v) is 6.60. The fourth-order valence-electron chi connectivity index (χ4n) is 1.93. The Morgan fingerprint density at radius 2 is 2.00 bits per heavy atom. The van der Waals surface area contributed by atoms with Crippen molar-refractivity contribution in [3.05, 3.63) is 29.3 Å². The van der Waals surface area contributed by atoms with E-state index in [-0.39, 0.29) is 5.78 Å². The number of ketones is 1. The van der Waals surface area contributed by atoms with Crippen LogP contribution in [0, 0.1) is 0 Å². The largest absolute Gasteiger partial charge is 0.494 e. The first-order chi connectivity index (χ1) is 8.31. The van der Waals surface area contributed by atoms with Gasteiger partial charge in [0.1, 0.15) is 5.75 Å². The second-order valence-electron chi connectivity index (χ2n) is 3.94. The predicted molar refractivity (Wildman–Crippen MR) is 70.8 cm³/mol. The molecule has 94 valence electrons. The van der Waals surface area contributed by atoms with E-state index in [1.54, 1.807) is 0 Å². The molecule has 17 heavy (non-hydrogen) atoms. The summed E-state index contributed by atoms with van der Waals surface area (Å²) in [6, 6.07) is 5.82. The normalized spacial score (nSPS) is 13.5. The number of aryl methyl sites for hydroxylation is 1. The van der Waals surface area contributed by atoms with Gasteiger partial charge >= 0.3 is 0 Å². The van der Waals surface area contributed by atoms with Crippen molar-refractivity contribution in [1.82, 2.24) is 0 Å². The van der Waals surface area contributed by atoms with Crippen LogP contribution < -0.4 is 4.74 Å². The molecule has 0 aliphatic heterocycles. The Morgan fingerprint density at radius 3 is 2.71 bits per heavy atom. The Labute approximate surface area is 104 Å². The van der Waals surface area contributed by atoms with Crippen molar-refractivity contribution in [2.24, 2.45) is 0 Å². The van der Waals surface area contributed by atoms with Crippen molar-refractivity contribution in [1.29, 1.82) is 0 Å². The maximum Gasteiger partial charge on any atom is 0.163 e. The van der Waals surface area contributed by atoms with Gasteiger partial charge in [0.2, 0.25) is 0 Å². The third kappa shape index (κ3) is 3.58. The molecule has 0 saturated carbocycles. The van der Waals surface area contributed by atoms with Crippen molar-refractivity contribution < 1.29 is 9.53 Å². The number of hydrogen-bond acceptors (Lipinski definition) is 2. The third-order valence-electron chi connectivity index (χ3n) is 2.70. The zero-order valence-electron chi connectivity index (χ0n) is 11.1. The summed E-state index contributed by atoms with van der Waals surface area (Å²) in [5.74, 6) is 1.17. The summed E-state index contributed by atoms with van der Waals surface area (Å²) < 4.78 is 5.55. The van der Waals surface area contributed by atoms with Crippen LogP contribution in [-0.2, 0) is 6.42 Å². The summed E-state index contributed by atoms with van der Waals surface area (Å²) in [7, 11) is 0. The third-order valence-corrected chi connectivity index (χ3v) is 2.70. The van der Waals surface area contributed by atoms with Crippen LogP contribution in [0.1, 0.15) is 56.0 Å². The molecule has 0 N–H and O–H groups in total. The topological polar surface area (TPSA) is 26.3 Å². The van der Waals surface area contributed by atoms with Crippen LogP contribution in [0.2, 0.25) is 0 Å². The van der Waals surface area contributed by atoms with E-state index in [1.165, 1.54) is 0 Å². The summed E-state index contributed by atoms with van der Waals surface area (Å²) in [6.07, 6.45) is 3.69. The van der Waals surface area contributed by atoms with Gasteiger partial charge in [-0.1, -0.05) is 20.8 Å². The van der Waals surface area contributed by atoms with Crippen molar-refractivity contribution in [3.63, 3.8) is 0 Å². The van der Waals surface area contributed by atoms with E-state index in [2.05, 4.69) is 6.92 Å². The lowest BCUT2D eigenvalue weighted by Crippen LogP contribution is -2.10. The molecule has 0 radical (unpaired) electrons. The predicted octanol–water partition coefficient (Wildman–Crippen LogP) is 4.02. The molecule has 1 aliphatic carbocycles. The fourth-order valence-corrected chi connectivity index (χ4v) is 1.93. The van der Waals surface area contributed by atoms with E-state index in [0.29, 0.717) is 6.42 Å². The average Bonchev–Trinajstić information content (AvgIpc) is 2.39. The molecule has 0 bridgehead atoms. The lowest BCUT2D eigenvalue weighted by atomic mass is 9.91.